The Morgan fingerprint density at radius 3 is 2.53 bits per heavy atom. The number of fused-ring (bicyclic) bond motifs is 1. The van der Waals surface area contributed by atoms with Crippen molar-refractivity contribution >= 4 is 11.7 Å². The van der Waals surface area contributed by atoms with Gasteiger partial charge in [0.2, 0.25) is 5.95 Å². The lowest BCUT2D eigenvalue weighted by Gasteiger charge is -2.38. The van der Waals surface area contributed by atoms with Crippen LogP contribution in [-0.2, 0) is 4.79 Å². The van der Waals surface area contributed by atoms with E-state index in [1.807, 2.05) is 22.9 Å². The van der Waals surface area contributed by atoms with Crippen LogP contribution in [0.3, 0.4) is 0 Å². The van der Waals surface area contributed by atoms with Gasteiger partial charge in [0.05, 0.1) is 0 Å². The predicted octanol–water partition coefficient (Wildman–Crippen LogP) is 5.22. The molecule has 1 unspecified atom stereocenters. The Balaban J connectivity index is 1.67. The van der Waals surface area contributed by atoms with Gasteiger partial charge in [0, 0.05) is 23.3 Å². The molecule has 0 spiro atoms. The molecule has 2 aliphatic rings. The Morgan fingerprint density at radius 2 is 1.80 bits per heavy atom. The first-order chi connectivity index (χ1) is 14.3. The Labute approximate surface area is 176 Å². The molecule has 5 heteroatoms. The molecule has 1 N–H and O–H groups in total. The van der Waals surface area contributed by atoms with Crippen molar-refractivity contribution in [1.29, 1.82) is 0 Å². The molecule has 30 heavy (non-hydrogen) atoms. The molecular weight excluding hydrogens is 372 g/mol. The fraction of sp³-hybridized carbons (Fsp3) is 0.320. The summed E-state index contributed by atoms with van der Waals surface area (Å²) in [4.78, 5) is 18.1. The number of nitrogens with zero attached hydrogens (tertiary/aromatic N) is 3. The van der Waals surface area contributed by atoms with Crippen molar-refractivity contribution in [2.75, 3.05) is 5.32 Å². The van der Waals surface area contributed by atoms with Gasteiger partial charge in [0.25, 0.3) is 0 Å². The largest absolute Gasteiger partial charge is 0.328 e. The van der Waals surface area contributed by atoms with Gasteiger partial charge in [-0.2, -0.15) is 4.98 Å². The van der Waals surface area contributed by atoms with Crippen LogP contribution in [0.4, 0.5) is 5.95 Å². The molecule has 5 nitrogen and oxygen atoms in total. The zero-order valence-corrected chi connectivity index (χ0v) is 17.9. The topological polar surface area (TPSA) is 59.8 Å². The number of anilines is 1. The number of Topliss-reactive ketones (excluding diaryl/α,β-unsaturated/α-hetero) is 1. The number of allylic oxidation sites excluding steroid dienone is 2. The van der Waals surface area contributed by atoms with Gasteiger partial charge in [-0.1, -0.05) is 56.3 Å². The van der Waals surface area contributed by atoms with E-state index in [0.29, 0.717) is 18.2 Å². The molecule has 0 fully saturated rings. The van der Waals surface area contributed by atoms with Crippen LogP contribution in [0.5, 0.6) is 0 Å². The molecule has 2 aromatic carbocycles. The second-order valence-corrected chi connectivity index (χ2v) is 9.27. The Kier molecular flexibility index (Phi) is 4.17. The van der Waals surface area contributed by atoms with Crippen LogP contribution in [-0.4, -0.2) is 20.5 Å². The van der Waals surface area contributed by atoms with E-state index in [2.05, 4.69) is 63.3 Å². The SMILES string of the molecule is Cc1ccc(-c2nc3n(n2)C(c2ccccc2)C2=C(CC(C)(C)CC2=O)N3)cc1C. The molecule has 5 rings (SSSR count). The molecule has 0 saturated heterocycles. The van der Waals surface area contributed by atoms with E-state index >= 15 is 0 Å². The number of aromatic nitrogens is 3. The summed E-state index contributed by atoms with van der Waals surface area (Å²) < 4.78 is 1.88. The minimum Gasteiger partial charge on any atom is -0.328 e. The highest BCUT2D eigenvalue weighted by molar-refractivity contribution is 6.00. The van der Waals surface area contributed by atoms with E-state index in [1.165, 1.54) is 11.1 Å². The summed E-state index contributed by atoms with van der Waals surface area (Å²) >= 11 is 0. The maximum atomic E-state index is 13.2. The molecule has 1 atom stereocenters. The van der Waals surface area contributed by atoms with Gasteiger partial charge >= 0.3 is 0 Å². The average Bonchev–Trinajstić information content (AvgIpc) is 3.12. The molecule has 0 bridgehead atoms. The Hall–Kier alpha value is -3.21. The zero-order chi connectivity index (χ0) is 21.0. The highest BCUT2D eigenvalue weighted by Gasteiger charge is 2.41. The summed E-state index contributed by atoms with van der Waals surface area (Å²) in [6.45, 7) is 8.49. The van der Waals surface area contributed by atoms with E-state index < -0.39 is 0 Å². The minimum atomic E-state index is -0.256. The summed E-state index contributed by atoms with van der Waals surface area (Å²) in [6, 6.07) is 16.2. The van der Waals surface area contributed by atoms with Gasteiger partial charge in [-0.15, -0.1) is 5.10 Å². The van der Waals surface area contributed by atoms with Gasteiger partial charge in [0.15, 0.2) is 11.6 Å². The van der Waals surface area contributed by atoms with Crippen molar-refractivity contribution in [2.24, 2.45) is 5.41 Å². The monoisotopic (exact) mass is 398 g/mol. The normalized spacial score (nSPS) is 19.9. The molecular formula is C25H26N4O. The van der Waals surface area contributed by atoms with Crippen molar-refractivity contribution in [1.82, 2.24) is 14.8 Å². The predicted molar refractivity (Wildman–Crippen MR) is 118 cm³/mol. The summed E-state index contributed by atoms with van der Waals surface area (Å²) in [7, 11) is 0. The average molecular weight is 399 g/mol. The third-order valence-electron chi connectivity index (χ3n) is 6.21. The fourth-order valence-electron chi connectivity index (χ4n) is 4.56. The van der Waals surface area contributed by atoms with E-state index in [-0.39, 0.29) is 17.2 Å². The van der Waals surface area contributed by atoms with Gasteiger partial charge in [-0.05, 0) is 48.4 Å². The number of carbonyl (C=O) groups is 1. The van der Waals surface area contributed by atoms with Crippen LogP contribution >= 0.6 is 0 Å². The Bertz CT molecular complexity index is 1190. The fourth-order valence-corrected chi connectivity index (χ4v) is 4.56. The van der Waals surface area contributed by atoms with Crippen LogP contribution in [0, 0.1) is 19.3 Å². The molecule has 0 saturated carbocycles. The van der Waals surface area contributed by atoms with Crippen molar-refractivity contribution in [2.45, 2.75) is 46.6 Å². The molecule has 1 aliphatic carbocycles. The quantitative estimate of drug-likeness (QED) is 0.643. The standard InChI is InChI=1S/C25H26N4O/c1-15-10-11-18(12-16(15)2)23-27-24-26-19-13-25(3,4)14-20(30)21(19)22(29(24)28-23)17-8-6-5-7-9-17/h5-12,22H,13-14H2,1-4H3,(H,26,27,28). The first-order valence-corrected chi connectivity index (χ1v) is 10.4. The van der Waals surface area contributed by atoms with E-state index in [1.54, 1.807) is 0 Å². The van der Waals surface area contributed by atoms with Crippen LogP contribution in [0.2, 0.25) is 0 Å². The lowest BCUT2D eigenvalue weighted by atomic mass is 9.73. The number of carbonyl (C=O) groups excluding carboxylic acids is 1. The van der Waals surface area contributed by atoms with Gasteiger partial charge < -0.3 is 5.32 Å². The highest BCUT2D eigenvalue weighted by Crippen LogP contribution is 2.45. The summed E-state index contributed by atoms with van der Waals surface area (Å²) in [5.74, 6) is 1.56. The number of hydrogen-bond acceptors (Lipinski definition) is 4. The van der Waals surface area contributed by atoms with Gasteiger partial charge in [0.1, 0.15) is 6.04 Å². The summed E-state index contributed by atoms with van der Waals surface area (Å²) in [5, 5.41) is 8.32. The second kappa shape index (κ2) is 6.66. The smallest absolute Gasteiger partial charge is 0.226 e. The molecule has 2 heterocycles. The third-order valence-corrected chi connectivity index (χ3v) is 6.21. The van der Waals surface area contributed by atoms with Crippen molar-refractivity contribution in [3.8, 4) is 11.4 Å². The highest BCUT2D eigenvalue weighted by atomic mass is 16.1. The minimum absolute atomic E-state index is 0.0662. The van der Waals surface area contributed by atoms with Crippen LogP contribution in [0.25, 0.3) is 11.4 Å². The second-order valence-electron chi connectivity index (χ2n) is 9.27. The third kappa shape index (κ3) is 3.05. The van der Waals surface area contributed by atoms with Crippen molar-refractivity contribution in [3.05, 3.63) is 76.5 Å². The van der Waals surface area contributed by atoms with Gasteiger partial charge in [-0.3, -0.25) is 4.79 Å². The van der Waals surface area contributed by atoms with Crippen LogP contribution < -0.4 is 5.32 Å². The van der Waals surface area contributed by atoms with E-state index in [9.17, 15) is 4.79 Å². The lowest BCUT2D eigenvalue weighted by molar-refractivity contribution is -0.118. The first kappa shape index (κ1) is 18.8. The molecule has 1 aliphatic heterocycles. The molecule has 1 aromatic heterocycles. The van der Waals surface area contributed by atoms with Crippen LogP contribution in [0.15, 0.2) is 59.8 Å². The Morgan fingerprint density at radius 1 is 1.03 bits per heavy atom. The summed E-state index contributed by atoms with van der Waals surface area (Å²) in [6.07, 6.45) is 1.37. The zero-order valence-electron chi connectivity index (χ0n) is 17.9. The molecule has 3 aromatic rings. The number of rotatable bonds is 2. The molecule has 0 radical (unpaired) electrons. The van der Waals surface area contributed by atoms with Crippen molar-refractivity contribution in [3.63, 3.8) is 0 Å². The lowest BCUT2D eigenvalue weighted by Crippen LogP contribution is -2.36. The molecule has 152 valence electrons. The number of nitrogens with one attached hydrogen (secondary N) is 1. The number of hydrogen-bond donors (Lipinski definition) is 1. The maximum Gasteiger partial charge on any atom is 0.226 e. The number of benzene rings is 2. The van der Waals surface area contributed by atoms with Crippen molar-refractivity contribution < 1.29 is 4.79 Å². The van der Waals surface area contributed by atoms with E-state index in [0.717, 1.165) is 28.8 Å². The van der Waals surface area contributed by atoms with E-state index in [4.69, 9.17) is 10.1 Å². The summed E-state index contributed by atoms with van der Waals surface area (Å²) in [5.41, 5.74) is 6.23. The molecule has 0 amide bonds. The van der Waals surface area contributed by atoms with Gasteiger partial charge in [-0.25, -0.2) is 4.68 Å². The maximum absolute atomic E-state index is 13.2. The number of aryl methyl sites for hydroxylation is 2. The first-order valence-electron chi connectivity index (χ1n) is 10.4. The van der Waals surface area contributed by atoms with Crippen LogP contribution in [0.1, 0.15) is 49.4 Å². The number of ketones is 1.